The van der Waals surface area contributed by atoms with Crippen LogP contribution in [0.3, 0.4) is 0 Å². The number of fused-ring (bicyclic) bond motifs is 1. The molecule has 12 heavy (non-hydrogen) atoms. The Labute approximate surface area is 71.4 Å². The molecule has 0 atom stereocenters. The minimum absolute atomic E-state index is 0.266. The van der Waals surface area contributed by atoms with Crippen LogP contribution in [-0.4, -0.2) is 15.6 Å². The monoisotopic (exact) mass is 164 g/mol. The van der Waals surface area contributed by atoms with Gasteiger partial charge in [-0.2, -0.15) is 5.10 Å². The molecule has 3 heteroatoms. The topological polar surface area (TPSA) is 34.9 Å². The van der Waals surface area contributed by atoms with E-state index in [9.17, 15) is 4.79 Å². The molecule has 1 aliphatic rings. The average molecular weight is 164 g/mol. The number of rotatable bonds is 0. The van der Waals surface area contributed by atoms with Crippen LogP contribution < -0.4 is 0 Å². The van der Waals surface area contributed by atoms with E-state index in [1.165, 1.54) is 0 Å². The molecule has 0 amide bonds. The molecule has 3 nitrogen and oxygen atoms in total. The average Bonchev–Trinajstić information content (AvgIpc) is 2.29. The summed E-state index contributed by atoms with van der Waals surface area (Å²) in [5, 5.41) is 4.30. The Bertz CT molecular complexity index is 339. The van der Waals surface area contributed by atoms with Crippen molar-refractivity contribution in [3.8, 4) is 0 Å². The van der Waals surface area contributed by atoms with Crippen LogP contribution in [-0.2, 0) is 13.5 Å². The molecule has 0 aromatic carbocycles. The second-order valence-corrected chi connectivity index (χ2v) is 3.31. The summed E-state index contributed by atoms with van der Waals surface area (Å²) in [6, 6.07) is 0. The van der Waals surface area contributed by atoms with Gasteiger partial charge < -0.3 is 0 Å². The van der Waals surface area contributed by atoms with Crippen LogP contribution in [0.2, 0.25) is 0 Å². The molecule has 0 saturated carbocycles. The first-order valence-corrected chi connectivity index (χ1v) is 4.26. The van der Waals surface area contributed by atoms with E-state index in [0.717, 1.165) is 29.8 Å². The van der Waals surface area contributed by atoms with Crippen molar-refractivity contribution in [3.05, 3.63) is 17.0 Å². The summed E-state index contributed by atoms with van der Waals surface area (Å²) in [6.45, 7) is 1.95. The fourth-order valence-corrected chi connectivity index (χ4v) is 1.76. The van der Waals surface area contributed by atoms with Crippen LogP contribution in [0.25, 0.3) is 0 Å². The molecule has 1 aromatic heterocycles. The Morgan fingerprint density at radius 1 is 1.42 bits per heavy atom. The van der Waals surface area contributed by atoms with Crippen molar-refractivity contribution in [2.24, 2.45) is 7.05 Å². The van der Waals surface area contributed by atoms with Crippen molar-refractivity contribution >= 4 is 5.78 Å². The summed E-state index contributed by atoms with van der Waals surface area (Å²) in [5.41, 5.74) is 2.88. The number of carbonyl (C=O) groups is 1. The smallest absolute Gasteiger partial charge is 0.166 e. The highest BCUT2D eigenvalue weighted by molar-refractivity contribution is 5.99. The molecule has 0 saturated heterocycles. The first kappa shape index (κ1) is 7.53. The first-order valence-electron chi connectivity index (χ1n) is 4.26. The SMILES string of the molecule is Cc1c2c(nn1C)CCCC2=O. The van der Waals surface area contributed by atoms with Crippen LogP contribution in [0, 0.1) is 6.92 Å². The predicted molar refractivity (Wildman–Crippen MR) is 45.2 cm³/mol. The maximum absolute atomic E-state index is 11.5. The highest BCUT2D eigenvalue weighted by Gasteiger charge is 2.23. The van der Waals surface area contributed by atoms with Crippen LogP contribution >= 0.6 is 0 Å². The zero-order valence-corrected chi connectivity index (χ0v) is 7.42. The van der Waals surface area contributed by atoms with E-state index in [-0.39, 0.29) is 5.78 Å². The van der Waals surface area contributed by atoms with Gasteiger partial charge in [-0.15, -0.1) is 0 Å². The van der Waals surface area contributed by atoms with Gasteiger partial charge >= 0.3 is 0 Å². The van der Waals surface area contributed by atoms with Gasteiger partial charge in [-0.05, 0) is 19.8 Å². The van der Waals surface area contributed by atoms with Crippen LogP contribution in [0.5, 0.6) is 0 Å². The highest BCUT2D eigenvalue weighted by Crippen LogP contribution is 2.22. The minimum Gasteiger partial charge on any atom is -0.294 e. The van der Waals surface area contributed by atoms with Crippen LogP contribution in [0.15, 0.2) is 0 Å². The second kappa shape index (κ2) is 2.44. The molecule has 0 aliphatic heterocycles. The Hall–Kier alpha value is -1.12. The highest BCUT2D eigenvalue weighted by atomic mass is 16.1. The summed E-state index contributed by atoms with van der Waals surface area (Å²) in [4.78, 5) is 11.5. The number of carbonyl (C=O) groups excluding carboxylic acids is 1. The third kappa shape index (κ3) is 0.891. The number of Topliss-reactive ketones (excluding diaryl/α,β-unsaturated/α-hetero) is 1. The van der Waals surface area contributed by atoms with Crippen LogP contribution in [0.4, 0.5) is 0 Å². The quantitative estimate of drug-likeness (QED) is 0.578. The number of aromatic nitrogens is 2. The van der Waals surface area contributed by atoms with Crippen LogP contribution in [0.1, 0.15) is 34.6 Å². The van der Waals surface area contributed by atoms with E-state index >= 15 is 0 Å². The van der Waals surface area contributed by atoms with E-state index in [1.807, 2.05) is 14.0 Å². The molecule has 2 rings (SSSR count). The lowest BCUT2D eigenvalue weighted by molar-refractivity contribution is 0.0972. The number of hydrogen-bond donors (Lipinski definition) is 0. The normalized spacial score (nSPS) is 16.3. The predicted octanol–water partition coefficient (Wildman–Crippen LogP) is 1.25. The number of hydrogen-bond acceptors (Lipinski definition) is 2. The summed E-state index contributed by atoms with van der Waals surface area (Å²) in [6.07, 6.45) is 2.62. The Morgan fingerprint density at radius 3 is 2.83 bits per heavy atom. The second-order valence-electron chi connectivity index (χ2n) is 3.31. The largest absolute Gasteiger partial charge is 0.294 e. The minimum atomic E-state index is 0.266. The van der Waals surface area contributed by atoms with Crippen molar-refractivity contribution in [2.45, 2.75) is 26.2 Å². The lowest BCUT2D eigenvalue weighted by Crippen LogP contribution is -2.09. The molecular formula is C9H12N2O. The number of ketones is 1. The third-order valence-corrected chi connectivity index (χ3v) is 2.50. The maximum atomic E-state index is 11.5. The van der Waals surface area contributed by atoms with E-state index < -0.39 is 0 Å². The summed E-state index contributed by atoms with van der Waals surface area (Å²) in [7, 11) is 1.89. The molecule has 0 fully saturated rings. The standard InChI is InChI=1S/C9H12N2O/c1-6-9-7(10-11(6)2)4-3-5-8(9)12/h3-5H2,1-2H3. The molecule has 0 N–H and O–H groups in total. The van der Waals surface area contributed by atoms with Crippen molar-refractivity contribution in [3.63, 3.8) is 0 Å². The zero-order valence-electron chi connectivity index (χ0n) is 7.42. The van der Waals surface area contributed by atoms with Gasteiger partial charge in [-0.25, -0.2) is 0 Å². The lowest BCUT2D eigenvalue weighted by atomic mass is 9.95. The van der Waals surface area contributed by atoms with E-state index in [4.69, 9.17) is 0 Å². The Kier molecular flexibility index (Phi) is 1.53. The van der Waals surface area contributed by atoms with Crippen molar-refractivity contribution in [1.29, 1.82) is 0 Å². The summed E-state index contributed by atoms with van der Waals surface area (Å²) >= 11 is 0. The van der Waals surface area contributed by atoms with Gasteiger partial charge in [0, 0.05) is 19.2 Å². The van der Waals surface area contributed by atoms with Crippen molar-refractivity contribution < 1.29 is 4.79 Å². The Morgan fingerprint density at radius 2 is 2.17 bits per heavy atom. The zero-order chi connectivity index (χ0) is 8.72. The summed E-state index contributed by atoms with van der Waals surface area (Å²) < 4.78 is 1.80. The van der Waals surface area contributed by atoms with Gasteiger partial charge in [0.15, 0.2) is 5.78 Å². The number of nitrogens with zero attached hydrogens (tertiary/aromatic N) is 2. The number of aryl methyl sites for hydroxylation is 2. The lowest BCUT2D eigenvalue weighted by Gasteiger charge is -2.07. The fourth-order valence-electron chi connectivity index (χ4n) is 1.76. The molecule has 0 bridgehead atoms. The fraction of sp³-hybridized carbons (Fsp3) is 0.556. The van der Waals surface area contributed by atoms with Gasteiger partial charge in [0.25, 0.3) is 0 Å². The third-order valence-electron chi connectivity index (χ3n) is 2.50. The molecule has 0 spiro atoms. The van der Waals surface area contributed by atoms with Crippen molar-refractivity contribution in [2.75, 3.05) is 0 Å². The van der Waals surface area contributed by atoms with E-state index in [2.05, 4.69) is 5.10 Å². The van der Waals surface area contributed by atoms with E-state index in [0.29, 0.717) is 6.42 Å². The molecule has 64 valence electrons. The van der Waals surface area contributed by atoms with Gasteiger partial charge in [0.1, 0.15) is 0 Å². The van der Waals surface area contributed by atoms with Gasteiger partial charge in [0.2, 0.25) is 0 Å². The molecule has 1 aliphatic carbocycles. The Balaban J connectivity index is 2.61. The molecule has 1 heterocycles. The van der Waals surface area contributed by atoms with Gasteiger partial charge in [-0.3, -0.25) is 9.48 Å². The van der Waals surface area contributed by atoms with Gasteiger partial charge in [0.05, 0.1) is 11.3 Å². The maximum Gasteiger partial charge on any atom is 0.166 e. The molecule has 0 radical (unpaired) electrons. The summed E-state index contributed by atoms with van der Waals surface area (Å²) in [5.74, 6) is 0.266. The molecule has 0 unspecified atom stereocenters. The van der Waals surface area contributed by atoms with Gasteiger partial charge in [-0.1, -0.05) is 0 Å². The van der Waals surface area contributed by atoms with Crippen molar-refractivity contribution in [1.82, 2.24) is 9.78 Å². The molecular weight excluding hydrogens is 152 g/mol. The first-order chi connectivity index (χ1) is 5.70. The molecule has 1 aromatic rings. The van der Waals surface area contributed by atoms with E-state index in [1.54, 1.807) is 4.68 Å².